The molecule has 0 saturated carbocycles. The van der Waals surface area contributed by atoms with Crippen molar-refractivity contribution in [3.05, 3.63) is 36.2 Å². The Morgan fingerprint density at radius 3 is 2.59 bits per heavy atom. The molecule has 2 aromatic rings. The zero-order chi connectivity index (χ0) is 16.2. The summed E-state index contributed by atoms with van der Waals surface area (Å²) in [5, 5.41) is 11.7. The lowest BCUT2D eigenvalue weighted by atomic mass is 9.98. The number of carboxylic acid groups (broad SMARTS) is 1. The number of aromatic nitrogens is 2. The quantitative estimate of drug-likeness (QED) is 0.832. The number of methoxy groups -OCH3 is 1. The highest BCUT2D eigenvalue weighted by molar-refractivity contribution is 5.97. The van der Waals surface area contributed by atoms with Crippen molar-refractivity contribution in [2.24, 2.45) is 0 Å². The number of benzene rings is 1. The van der Waals surface area contributed by atoms with Crippen molar-refractivity contribution in [2.75, 3.05) is 13.7 Å². The Morgan fingerprint density at radius 2 is 1.95 bits per heavy atom. The van der Waals surface area contributed by atoms with Gasteiger partial charge >= 0.3 is 5.97 Å². The van der Waals surface area contributed by atoms with Crippen LogP contribution in [0.2, 0.25) is 0 Å². The fraction of sp³-hybridized carbons (Fsp3) is 0.333. The first-order chi connectivity index (χ1) is 10.4. The van der Waals surface area contributed by atoms with Gasteiger partial charge in [-0.1, -0.05) is 0 Å². The number of carbonyl (C=O) groups is 2. The lowest BCUT2D eigenvalue weighted by Crippen LogP contribution is -2.50. The molecule has 7 heteroatoms. The summed E-state index contributed by atoms with van der Waals surface area (Å²) in [5.41, 5.74) is 0.682. The molecule has 0 aliphatic carbocycles. The van der Waals surface area contributed by atoms with Gasteiger partial charge in [0.05, 0.1) is 29.6 Å². The average Bonchev–Trinajstić information content (AvgIpc) is 2.45. The topological polar surface area (TPSA) is 101 Å². The second-order valence-electron chi connectivity index (χ2n) is 5.28. The molecule has 0 fully saturated rings. The fourth-order valence-electron chi connectivity index (χ4n) is 2.23. The first-order valence-electron chi connectivity index (χ1n) is 6.67. The second-order valence-corrected chi connectivity index (χ2v) is 5.28. The van der Waals surface area contributed by atoms with Crippen LogP contribution in [0.15, 0.2) is 30.6 Å². The van der Waals surface area contributed by atoms with E-state index in [1.165, 1.54) is 7.11 Å². The molecule has 7 nitrogen and oxygen atoms in total. The van der Waals surface area contributed by atoms with Crippen molar-refractivity contribution in [1.82, 2.24) is 15.3 Å². The third-order valence-electron chi connectivity index (χ3n) is 3.15. The maximum atomic E-state index is 12.4. The summed E-state index contributed by atoms with van der Waals surface area (Å²) in [7, 11) is 1.46. The number of nitrogens with zero attached hydrogens (tertiary/aromatic N) is 2. The number of carbonyl (C=O) groups excluding carboxylic acids is 1. The van der Waals surface area contributed by atoms with Gasteiger partial charge in [-0.2, -0.15) is 0 Å². The molecule has 1 unspecified atom stereocenters. The van der Waals surface area contributed by atoms with Crippen molar-refractivity contribution in [2.45, 2.75) is 18.9 Å². The Balaban J connectivity index is 2.22. The molecule has 116 valence electrons. The second kappa shape index (κ2) is 6.48. The molecule has 1 amide bonds. The van der Waals surface area contributed by atoms with E-state index in [1.54, 1.807) is 37.5 Å². The van der Waals surface area contributed by atoms with Crippen LogP contribution in [0, 0.1) is 0 Å². The minimum atomic E-state index is -1.01. The minimum absolute atomic E-state index is 0.0957. The lowest BCUT2D eigenvalue weighted by molar-refractivity contribution is -0.139. The summed E-state index contributed by atoms with van der Waals surface area (Å²) in [6.45, 7) is 1.72. The van der Waals surface area contributed by atoms with Crippen LogP contribution < -0.4 is 5.32 Å². The Bertz CT molecular complexity index is 704. The van der Waals surface area contributed by atoms with Crippen molar-refractivity contribution < 1.29 is 19.4 Å². The first-order valence-corrected chi connectivity index (χ1v) is 6.67. The molecule has 0 aliphatic rings. The molecule has 1 heterocycles. The average molecular weight is 303 g/mol. The van der Waals surface area contributed by atoms with E-state index >= 15 is 0 Å². The van der Waals surface area contributed by atoms with Gasteiger partial charge < -0.3 is 15.2 Å². The van der Waals surface area contributed by atoms with E-state index in [0.717, 1.165) is 0 Å². The maximum absolute atomic E-state index is 12.4. The molecule has 0 spiro atoms. The molecule has 2 N–H and O–H groups in total. The zero-order valence-electron chi connectivity index (χ0n) is 12.4. The van der Waals surface area contributed by atoms with E-state index in [-0.39, 0.29) is 18.9 Å². The largest absolute Gasteiger partial charge is 0.481 e. The van der Waals surface area contributed by atoms with Crippen LogP contribution in [0.5, 0.6) is 0 Å². The van der Waals surface area contributed by atoms with Gasteiger partial charge in [0, 0.05) is 25.1 Å². The van der Waals surface area contributed by atoms with Gasteiger partial charge in [-0.3, -0.25) is 19.6 Å². The van der Waals surface area contributed by atoms with E-state index in [2.05, 4.69) is 15.3 Å². The molecule has 0 saturated heterocycles. The predicted molar refractivity (Wildman–Crippen MR) is 79.5 cm³/mol. The van der Waals surface area contributed by atoms with Crippen LogP contribution in [-0.4, -0.2) is 46.2 Å². The molecule has 22 heavy (non-hydrogen) atoms. The van der Waals surface area contributed by atoms with E-state index in [4.69, 9.17) is 9.84 Å². The zero-order valence-corrected chi connectivity index (χ0v) is 12.4. The first kappa shape index (κ1) is 15.8. The number of carboxylic acids is 1. The summed E-state index contributed by atoms with van der Waals surface area (Å²) in [6.07, 6.45) is 2.88. The van der Waals surface area contributed by atoms with E-state index < -0.39 is 11.5 Å². The summed E-state index contributed by atoms with van der Waals surface area (Å²) in [4.78, 5) is 31.6. The van der Waals surface area contributed by atoms with Crippen LogP contribution in [0.3, 0.4) is 0 Å². The molecule has 0 bridgehead atoms. The number of ether oxygens (including phenoxy) is 1. The van der Waals surface area contributed by atoms with Gasteiger partial charge in [-0.05, 0) is 25.1 Å². The Hall–Kier alpha value is -2.54. The van der Waals surface area contributed by atoms with Gasteiger partial charge in [0.2, 0.25) is 0 Å². The number of hydrogen-bond acceptors (Lipinski definition) is 5. The van der Waals surface area contributed by atoms with Gasteiger partial charge in [-0.25, -0.2) is 0 Å². The summed E-state index contributed by atoms with van der Waals surface area (Å²) in [6, 6.07) is 4.94. The fourth-order valence-corrected chi connectivity index (χ4v) is 2.23. The number of amides is 1. The molecule has 2 rings (SSSR count). The van der Waals surface area contributed by atoms with Crippen molar-refractivity contribution in [3.63, 3.8) is 0 Å². The van der Waals surface area contributed by atoms with E-state index in [9.17, 15) is 9.59 Å². The lowest BCUT2D eigenvalue weighted by Gasteiger charge is -2.28. The number of rotatable bonds is 6. The number of fused-ring (bicyclic) bond motifs is 1. The monoisotopic (exact) mass is 303 g/mol. The van der Waals surface area contributed by atoms with E-state index in [1.807, 2.05) is 0 Å². The molecule has 1 aromatic heterocycles. The molecule has 1 aromatic carbocycles. The molecule has 0 aliphatic heterocycles. The van der Waals surface area contributed by atoms with Crippen LogP contribution >= 0.6 is 0 Å². The highest BCUT2D eigenvalue weighted by Crippen LogP contribution is 2.15. The van der Waals surface area contributed by atoms with Crippen LogP contribution in [-0.2, 0) is 9.53 Å². The van der Waals surface area contributed by atoms with Crippen molar-refractivity contribution >= 4 is 22.9 Å². The highest BCUT2D eigenvalue weighted by Gasteiger charge is 2.30. The molecule has 0 radical (unpaired) electrons. The van der Waals surface area contributed by atoms with Crippen molar-refractivity contribution in [1.29, 1.82) is 0 Å². The predicted octanol–water partition coefficient (Wildman–Crippen LogP) is 1.24. The highest BCUT2D eigenvalue weighted by atomic mass is 16.5. The number of nitrogens with one attached hydrogen (secondary N) is 1. The third-order valence-corrected chi connectivity index (χ3v) is 3.15. The van der Waals surface area contributed by atoms with Gasteiger partial charge in [-0.15, -0.1) is 0 Å². The summed E-state index contributed by atoms with van der Waals surface area (Å²) in [5.74, 6) is -1.39. The maximum Gasteiger partial charge on any atom is 0.305 e. The third kappa shape index (κ3) is 3.76. The Labute approximate surface area is 127 Å². The molecule has 1 atom stereocenters. The van der Waals surface area contributed by atoms with Gasteiger partial charge in [0.15, 0.2) is 0 Å². The van der Waals surface area contributed by atoms with Gasteiger partial charge in [0.25, 0.3) is 5.91 Å². The summed E-state index contributed by atoms with van der Waals surface area (Å²) >= 11 is 0. The molecular weight excluding hydrogens is 286 g/mol. The molecular formula is C15H17N3O4. The summed E-state index contributed by atoms with van der Waals surface area (Å²) < 4.78 is 5.01. The Morgan fingerprint density at radius 1 is 1.27 bits per heavy atom. The number of hydrogen-bond donors (Lipinski definition) is 2. The minimum Gasteiger partial charge on any atom is -0.481 e. The van der Waals surface area contributed by atoms with Crippen molar-refractivity contribution in [3.8, 4) is 0 Å². The van der Waals surface area contributed by atoms with Crippen LogP contribution in [0.4, 0.5) is 0 Å². The van der Waals surface area contributed by atoms with Crippen LogP contribution in [0.25, 0.3) is 11.0 Å². The van der Waals surface area contributed by atoms with Crippen LogP contribution in [0.1, 0.15) is 23.7 Å². The Kier molecular flexibility index (Phi) is 4.67. The smallest absolute Gasteiger partial charge is 0.305 e. The standard InChI is InChI=1S/C15H17N3O4/c1-15(9-22-2,8-13(19)20)18-14(21)10-3-4-11-12(7-10)17-6-5-16-11/h3-7H,8-9H2,1-2H3,(H,18,21)(H,19,20). The van der Waals surface area contributed by atoms with Gasteiger partial charge in [0.1, 0.15) is 0 Å². The number of aliphatic carboxylic acids is 1. The normalized spacial score (nSPS) is 13.5. The van der Waals surface area contributed by atoms with E-state index in [0.29, 0.717) is 16.6 Å². The SMILES string of the molecule is COCC(C)(CC(=O)O)NC(=O)c1ccc2nccnc2c1.